The van der Waals surface area contributed by atoms with Crippen molar-refractivity contribution in [3.05, 3.63) is 47.5 Å². The van der Waals surface area contributed by atoms with Gasteiger partial charge in [-0.3, -0.25) is 9.59 Å². The Hall–Kier alpha value is -3.07. The number of carbonyl (C=O) groups is 2. The molecule has 8 nitrogen and oxygen atoms in total. The van der Waals surface area contributed by atoms with Gasteiger partial charge in [0.1, 0.15) is 12.6 Å². The molecule has 0 spiro atoms. The van der Waals surface area contributed by atoms with Crippen molar-refractivity contribution in [2.75, 3.05) is 14.2 Å². The van der Waals surface area contributed by atoms with E-state index in [-0.39, 0.29) is 34.1 Å². The van der Waals surface area contributed by atoms with Gasteiger partial charge in [0, 0.05) is 11.1 Å². The van der Waals surface area contributed by atoms with Gasteiger partial charge < -0.3 is 17.8 Å². The molecule has 0 saturated heterocycles. The number of methoxy groups -OCH3 is 2. The van der Waals surface area contributed by atoms with Crippen LogP contribution in [0.3, 0.4) is 0 Å². The second kappa shape index (κ2) is 7.67. The van der Waals surface area contributed by atoms with Crippen molar-refractivity contribution in [3.8, 4) is 23.0 Å². The lowest BCUT2D eigenvalue weighted by Gasteiger charge is -2.13. The maximum absolute atomic E-state index is 12.1. The van der Waals surface area contributed by atoms with Gasteiger partial charge >= 0.3 is 10.4 Å². The zero-order chi connectivity index (χ0) is 18.4. The summed E-state index contributed by atoms with van der Waals surface area (Å²) in [6.07, 6.45) is 1.16. The molecule has 2 aromatic rings. The van der Waals surface area contributed by atoms with E-state index in [9.17, 15) is 18.0 Å². The minimum Gasteiger partial charge on any atom is -0.493 e. The number of ether oxygens (including phenoxy) is 2. The molecule has 0 radical (unpaired) electrons. The van der Waals surface area contributed by atoms with Gasteiger partial charge in [0.15, 0.2) is 23.0 Å². The summed E-state index contributed by atoms with van der Waals surface area (Å²) in [5, 5.41) is 0. The van der Waals surface area contributed by atoms with Gasteiger partial charge in [0.2, 0.25) is 0 Å². The predicted octanol–water partition coefficient (Wildman–Crippen LogP) is 2.03. The van der Waals surface area contributed by atoms with Crippen LogP contribution in [0.4, 0.5) is 0 Å². The maximum Gasteiger partial charge on any atom is 0.501 e. The first-order valence-electron chi connectivity index (χ1n) is 6.82. The summed E-state index contributed by atoms with van der Waals surface area (Å²) in [4.78, 5) is 21.5. The van der Waals surface area contributed by atoms with Crippen LogP contribution in [0.1, 0.15) is 20.7 Å². The van der Waals surface area contributed by atoms with Crippen molar-refractivity contribution < 1.29 is 35.8 Å². The normalized spacial score (nSPS) is 10.6. The van der Waals surface area contributed by atoms with Crippen LogP contribution >= 0.6 is 0 Å². The molecule has 132 valence electrons. The van der Waals surface area contributed by atoms with Crippen LogP contribution in [0.25, 0.3) is 0 Å². The third-order valence-corrected chi connectivity index (χ3v) is 3.80. The molecule has 0 bridgehead atoms. The van der Waals surface area contributed by atoms with Crippen LogP contribution in [0, 0.1) is 0 Å². The smallest absolute Gasteiger partial charge is 0.493 e. The number of hydrogen-bond donors (Lipinski definition) is 0. The van der Waals surface area contributed by atoms with E-state index in [2.05, 4.69) is 0 Å². The second-order valence-corrected chi connectivity index (χ2v) is 5.78. The van der Waals surface area contributed by atoms with Crippen LogP contribution in [-0.4, -0.2) is 35.2 Å². The number of benzene rings is 2. The van der Waals surface area contributed by atoms with Crippen LogP contribution in [0.15, 0.2) is 36.4 Å². The molecular formula is C16H14O8S. The highest BCUT2D eigenvalue weighted by Gasteiger charge is 2.21. The minimum absolute atomic E-state index is 0.0417. The fourth-order valence-electron chi connectivity index (χ4n) is 1.89. The molecular weight excluding hydrogens is 352 g/mol. The van der Waals surface area contributed by atoms with Crippen molar-refractivity contribution in [1.82, 2.24) is 0 Å². The SMILES string of the molecule is COc1cc(C=O)ccc1OS(=O)(=O)Oc1ccc(C=O)cc1OC. The largest absolute Gasteiger partial charge is 0.501 e. The predicted molar refractivity (Wildman–Crippen MR) is 86.9 cm³/mol. The van der Waals surface area contributed by atoms with Crippen molar-refractivity contribution in [3.63, 3.8) is 0 Å². The Morgan fingerprint density at radius 2 is 1.12 bits per heavy atom. The van der Waals surface area contributed by atoms with E-state index in [4.69, 9.17) is 17.8 Å². The van der Waals surface area contributed by atoms with Crippen molar-refractivity contribution in [2.45, 2.75) is 0 Å². The molecule has 0 aromatic heterocycles. The van der Waals surface area contributed by atoms with E-state index in [1.807, 2.05) is 0 Å². The van der Waals surface area contributed by atoms with Gasteiger partial charge in [-0.1, -0.05) is 0 Å². The number of rotatable bonds is 8. The summed E-state index contributed by atoms with van der Waals surface area (Å²) >= 11 is 0. The van der Waals surface area contributed by atoms with Gasteiger partial charge in [-0.15, -0.1) is 8.42 Å². The molecule has 0 amide bonds. The molecule has 0 aliphatic rings. The quantitative estimate of drug-likeness (QED) is 0.654. The highest BCUT2D eigenvalue weighted by atomic mass is 32.3. The number of hydrogen-bond acceptors (Lipinski definition) is 8. The molecule has 0 fully saturated rings. The van der Waals surface area contributed by atoms with E-state index in [0.29, 0.717) is 12.6 Å². The highest BCUT2D eigenvalue weighted by molar-refractivity contribution is 7.82. The van der Waals surface area contributed by atoms with Gasteiger partial charge in [0.05, 0.1) is 14.2 Å². The molecule has 0 atom stereocenters. The summed E-state index contributed by atoms with van der Waals surface area (Å²) in [5.41, 5.74) is 0.572. The Balaban J connectivity index is 2.29. The molecule has 0 N–H and O–H groups in total. The van der Waals surface area contributed by atoms with Crippen molar-refractivity contribution >= 4 is 23.0 Å². The van der Waals surface area contributed by atoms with Crippen LogP contribution in [0.2, 0.25) is 0 Å². The maximum atomic E-state index is 12.1. The van der Waals surface area contributed by atoms with Crippen molar-refractivity contribution in [2.24, 2.45) is 0 Å². The summed E-state index contributed by atoms with van der Waals surface area (Å²) in [6, 6.07) is 7.88. The summed E-state index contributed by atoms with van der Waals surface area (Å²) in [6.45, 7) is 0. The van der Waals surface area contributed by atoms with E-state index >= 15 is 0 Å². The average Bonchev–Trinajstić information content (AvgIpc) is 2.61. The summed E-state index contributed by atoms with van der Waals surface area (Å²) < 4.78 is 44.0. The Morgan fingerprint density at radius 1 is 0.720 bits per heavy atom. The lowest BCUT2D eigenvalue weighted by atomic mass is 10.2. The second-order valence-electron chi connectivity index (χ2n) is 4.63. The summed E-state index contributed by atoms with van der Waals surface area (Å²) in [5.74, 6) is -0.228. The molecule has 0 heterocycles. The Kier molecular flexibility index (Phi) is 5.60. The first kappa shape index (κ1) is 18.3. The topological polar surface area (TPSA) is 105 Å². The molecule has 0 aliphatic carbocycles. The summed E-state index contributed by atoms with van der Waals surface area (Å²) in [7, 11) is -1.93. The molecule has 9 heteroatoms. The number of aldehydes is 2. The van der Waals surface area contributed by atoms with E-state index in [1.165, 1.54) is 50.6 Å². The fraction of sp³-hybridized carbons (Fsp3) is 0.125. The molecule has 0 aliphatic heterocycles. The standard InChI is InChI=1S/C16H14O8S/c1-21-15-7-11(9-17)3-5-13(15)23-25(19,20)24-14-6-4-12(10-18)8-16(14)22-2/h3-10H,1-2H3. The van der Waals surface area contributed by atoms with Gasteiger partial charge in [-0.25, -0.2) is 0 Å². The average molecular weight is 366 g/mol. The molecule has 2 aromatic carbocycles. The van der Waals surface area contributed by atoms with Crippen LogP contribution in [-0.2, 0) is 10.4 Å². The molecule has 25 heavy (non-hydrogen) atoms. The molecule has 0 saturated carbocycles. The van der Waals surface area contributed by atoms with Gasteiger partial charge in [-0.05, 0) is 36.4 Å². The number of carbonyl (C=O) groups excluding carboxylic acids is 2. The molecule has 2 rings (SSSR count). The van der Waals surface area contributed by atoms with Crippen LogP contribution < -0.4 is 17.8 Å². The lowest BCUT2D eigenvalue weighted by Crippen LogP contribution is -2.17. The Bertz CT molecular complexity index is 822. The van der Waals surface area contributed by atoms with E-state index in [1.54, 1.807) is 0 Å². The Labute approximate surface area is 144 Å². The zero-order valence-electron chi connectivity index (χ0n) is 13.3. The first-order valence-corrected chi connectivity index (χ1v) is 8.16. The Morgan fingerprint density at radius 3 is 1.44 bits per heavy atom. The fourth-order valence-corrected chi connectivity index (χ4v) is 2.64. The minimum atomic E-state index is -4.53. The monoisotopic (exact) mass is 366 g/mol. The van der Waals surface area contributed by atoms with Crippen LogP contribution in [0.5, 0.6) is 23.0 Å². The first-order chi connectivity index (χ1) is 11.9. The lowest BCUT2D eigenvalue weighted by molar-refractivity contribution is 0.111. The van der Waals surface area contributed by atoms with E-state index in [0.717, 1.165) is 0 Å². The third kappa shape index (κ3) is 4.48. The van der Waals surface area contributed by atoms with Gasteiger partial charge in [0.25, 0.3) is 0 Å². The van der Waals surface area contributed by atoms with E-state index < -0.39 is 10.4 Å². The van der Waals surface area contributed by atoms with Crippen molar-refractivity contribution in [1.29, 1.82) is 0 Å². The third-order valence-electron chi connectivity index (χ3n) is 3.03. The molecule has 0 unspecified atom stereocenters. The zero-order valence-corrected chi connectivity index (χ0v) is 14.1. The van der Waals surface area contributed by atoms with Gasteiger partial charge in [-0.2, -0.15) is 0 Å². The highest BCUT2D eigenvalue weighted by Crippen LogP contribution is 2.32.